The molecule has 0 aliphatic heterocycles. The largest absolute Gasteiger partial charge is 0.396 e. The van der Waals surface area contributed by atoms with Gasteiger partial charge in [0.05, 0.1) is 0 Å². The van der Waals surface area contributed by atoms with Crippen LogP contribution in [0.2, 0.25) is 0 Å². The lowest BCUT2D eigenvalue weighted by Gasteiger charge is -2.40. The SMILES string of the molecule is CC(CO)CSC1CC(C(C)(C)C)CCC1N. The van der Waals surface area contributed by atoms with E-state index in [1.165, 1.54) is 12.8 Å². The minimum Gasteiger partial charge on any atom is -0.396 e. The molecular formula is C14H29NOS. The predicted molar refractivity (Wildman–Crippen MR) is 77.3 cm³/mol. The molecule has 2 nitrogen and oxygen atoms in total. The number of nitrogens with two attached hydrogens (primary N) is 1. The molecule has 0 aromatic rings. The first-order valence-corrected chi connectivity index (χ1v) is 7.87. The topological polar surface area (TPSA) is 46.2 Å². The molecule has 0 bridgehead atoms. The number of aliphatic hydroxyl groups excluding tert-OH is 1. The Morgan fingerprint density at radius 2 is 2.00 bits per heavy atom. The van der Waals surface area contributed by atoms with Crippen LogP contribution in [-0.2, 0) is 0 Å². The van der Waals surface area contributed by atoms with E-state index >= 15 is 0 Å². The molecule has 1 rings (SSSR count). The van der Waals surface area contributed by atoms with E-state index in [0.29, 0.717) is 22.6 Å². The zero-order valence-electron chi connectivity index (χ0n) is 11.8. The van der Waals surface area contributed by atoms with Gasteiger partial charge in [-0.1, -0.05) is 27.7 Å². The Hall–Kier alpha value is 0.270. The second-order valence-corrected chi connectivity index (χ2v) is 7.97. The summed E-state index contributed by atoms with van der Waals surface area (Å²) in [6, 6.07) is 0.351. The number of hydrogen-bond acceptors (Lipinski definition) is 3. The quantitative estimate of drug-likeness (QED) is 0.816. The van der Waals surface area contributed by atoms with E-state index in [2.05, 4.69) is 27.7 Å². The first kappa shape index (κ1) is 15.3. The molecule has 3 N–H and O–H groups in total. The molecule has 1 aliphatic carbocycles. The van der Waals surface area contributed by atoms with Crippen LogP contribution in [0.1, 0.15) is 47.0 Å². The maximum Gasteiger partial charge on any atom is 0.0464 e. The van der Waals surface area contributed by atoms with Crippen molar-refractivity contribution in [1.29, 1.82) is 0 Å². The summed E-state index contributed by atoms with van der Waals surface area (Å²) in [6.07, 6.45) is 3.68. The maximum atomic E-state index is 9.07. The summed E-state index contributed by atoms with van der Waals surface area (Å²) in [7, 11) is 0. The van der Waals surface area contributed by atoms with E-state index in [-0.39, 0.29) is 6.61 Å². The minimum absolute atomic E-state index is 0.289. The molecule has 4 unspecified atom stereocenters. The average Bonchev–Trinajstić information content (AvgIpc) is 2.26. The van der Waals surface area contributed by atoms with Crippen LogP contribution in [0.3, 0.4) is 0 Å². The fourth-order valence-corrected chi connectivity index (χ4v) is 3.90. The lowest BCUT2D eigenvalue weighted by Crippen LogP contribution is -2.41. The van der Waals surface area contributed by atoms with Gasteiger partial charge in [0.2, 0.25) is 0 Å². The van der Waals surface area contributed by atoms with E-state index < -0.39 is 0 Å². The highest BCUT2D eigenvalue weighted by molar-refractivity contribution is 7.99. The summed E-state index contributed by atoms with van der Waals surface area (Å²) in [6.45, 7) is 9.41. The van der Waals surface area contributed by atoms with Gasteiger partial charge < -0.3 is 10.8 Å². The summed E-state index contributed by atoms with van der Waals surface area (Å²) in [5.74, 6) is 2.22. The fourth-order valence-electron chi connectivity index (χ4n) is 2.47. The lowest BCUT2D eigenvalue weighted by atomic mass is 9.71. The third-order valence-electron chi connectivity index (χ3n) is 3.97. The average molecular weight is 259 g/mol. The van der Waals surface area contributed by atoms with Crippen LogP contribution >= 0.6 is 11.8 Å². The Bertz CT molecular complexity index is 227. The Morgan fingerprint density at radius 3 is 2.53 bits per heavy atom. The van der Waals surface area contributed by atoms with E-state index in [1.807, 2.05) is 11.8 Å². The molecular weight excluding hydrogens is 230 g/mol. The number of thioether (sulfide) groups is 1. The van der Waals surface area contributed by atoms with Gasteiger partial charge in [0.1, 0.15) is 0 Å². The summed E-state index contributed by atoms with van der Waals surface area (Å²) in [4.78, 5) is 0. The van der Waals surface area contributed by atoms with Gasteiger partial charge in [0, 0.05) is 17.9 Å². The van der Waals surface area contributed by atoms with Gasteiger partial charge in [0.15, 0.2) is 0 Å². The van der Waals surface area contributed by atoms with E-state index in [4.69, 9.17) is 10.8 Å². The van der Waals surface area contributed by atoms with E-state index in [1.54, 1.807) is 0 Å². The molecule has 102 valence electrons. The van der Waals surface area contributed by atoms with E-state index in [9.17, 15) is 0 Å². The zero-order valence-corrected chi connectivity index (χ0v) is 12.6. The standard InChI is InChI=1S/C14H29NOS/c1-10(8-16)9-17-13-7-11(14(2,3)4)5-6-12(13)15/h10-13,16H,5-9,15H2,1-4H3. The minimum atomic E-state index is 0.289. The third-order valence-corrected chi connectivity index (χ3v) is 5.71. The molecule has 17 heavy (non-hydrogen) atoms. The highest BCUT2D eigenvalue weighted by Gasteiger charge is 2.34. The molecule has 0 saturated heterocycles. The molecule has 0 spiro atoms. The van der Waals surface area contributed by atoms with Gasteiger partial charge in [-0.3, -0.25) is 0 Å². The summed E-state index contributed by atoms with van der Waals surface area (Å²) >= 11 is 1.97. The van der Waals surface area contributed by atoms with Crippen molar-refractivity contribution in [2.24, 2.45) is 23.0 Å². The van der Waals surface area contributed by atoms with Crippen LogP contribution in [0.5, 0.6) is 0 Å². The van der Waals surface area contributed by atoms with Crippen LogP contribution in [0.15, 0.2) is 0 Å². The molecule has 0 aromatic carbocycles. The Kier molecular flexibility index (Phi) is 5.81. The second-order valence-electron chi connectivity index (χ2n) is 6.70. The van der Waals surface area contributed by atoms with E-state index in [0.717, 1.165) is 18.1 Å². The zero-order chi connectivity index (χ0) is 13.1. The van der Waals surface area contributed by atoms with Crippen LogP contribution in [0.25, 0.3) is 0 Å². The van der Waals surface area contributed by atoms with Crippen molar-refractivity contribution in [1.82, 2.24) is 0 Å². The first-order valence-electron chi connectivity index (χ1n) is 6.82. The van der Waals surface area contributed by atoms with Crippen molar-refractivity contribution in [2.75, 3.05) is 12.4 Å². The van der Waals surface area contributed by atoms with Crippen molar-refractivity contribution in [2.45, 2.75) is 58.2 Å². The number of aliphatic hydroxyl groups is 1. The lowest BCUT2D eigenvalue weighted by molar-refractivity contribution is 0.174. The first-order chi connectivity index (χ1) is 7.84. The van der Waals surface area contributed by atoms with Crippen molar-refractivity contribution in [3.63, 3.8) is 0 Å². The molecule has 0 radical (unpaired) electrons. The summed E-state index contributed by atoms with van der Waals surface area (Å²) in [5.41, 5.74) is 6.63. The monoisotopic (exact) mass is 259 g/mol. The summed E-state index contributed by atoms with van der Waals surface area (Å²) in [5, 5.41) is 9.65. The van der Waals surface area contributed by atoms with Gasteiger partial charge in [-0.05, 0) is 42.3 Å². The van der Waals surface area contributed by atoms with Crippen LogP contribution in [0, 0.1) is 17.3 Å². The molecule has 1 saturated carbocycles. The Morgan fingerprint density at radius 1 is 1.35 bits per heavy atom. The Balaban J connectivity index is 2.46. The third kappa shape index (κ3) is 4.80. The van der Waals surface area contributed by atoms with Gasteiger partial charge >= 0.3 is 0 Å². The van der Waals surface area contributed by atoms with Crippen molar-refractivity contribution < 1.29 is 5.11 Å². The second kappa shape index (κ2) is 6.44. The fraction of sp³-hybridized carbons (Fsp3) is 1.00. The number of hydrogen-bond donors (Lipinski definition) is 2. The highest BCUT2D eigenvalue weighted by atomic mass is 32.2. The maximum absolute atomic E-state index is 9.07. The highest BCUT2D eigenvalue weighted by Crippen LogP contribution is 2.41. The molecule has 3 heteroatoms. The molecule has 0 heterocycles. The molecule has 0 aromatic heterocycles. The van der Waals surface area contributed by atoms with Crippen molar-refractivity contribution in [3.8, 4) is 0 Å². The van der Waals surface area contributed by atoms with Gasteiger partial charge in [-0.2, -0.15) is 11.8 Å². The summed E-state index contributed by atoms with van der Waals surface area (Å²) < 4.78 is 0. The predicted octanol–water partition coefficient (Wildman–Crippen LogP) is 2.89. The molecule has 1 aliphatic rings. The molecule has 4 atom stereocenters. The van der Waals surface area contributed by atoms with Crippen molar-refractivity contribution >= 4 is 11.8 Å². The van der Waals surface area contributed by atoms with Gasteiger partial charge in [0.25, 0.3) is 0 Å². The number of rotatable bonds is 4. The smallest absolute Gasteiger partial charge is 0.0464 e. The Labute approximate surface area is 111 Å². The molecule has 0 amide bonds. The van der Waals surface area contributed by atoms with Crippen LogP contribution in [0.4, 0.5) is 0 Å². The molecule has 1 fully saturated rings. The van der Waals surface area contributed by atoms with Crippen molar-refractivity contribution in [3.05, 3.63) is 0 Å². The van der Waals surface area contributed by atoms with Crippen LogP contribution < -0.4 is 5.73 Å². The normalized spacial score (nSPS) is 32.5. The van der Waals surface area contributed by atoms with Gasteiger partial charge in [-0.15, -0.1) is 0 Å². The van der Waals surface area contributed by atoms with Gasteiger partial charge in [-0.25, -0.2) is 0 Å². The van der Waals surface area contributed by atoms with Crippen LogP contribution in [-0.4, -0.2) is 28.8 Å².